The highest BCUT2D eigenvalue weighted by atomic mass is 16.3. The molecule has 0 radical (unpaired) electrons. The van der Waals surface area contributed by atoms with Crippen LogP contribution >= 0.6 is 0 Å². The van der Waals surface area contributed by atoms with E-state index >= 15 is 0 Å². The number of hydrogen-bond donors (Lipinski definition) is 2. The summed E-state index contributed by atoms with van der Waals surface area (Å²) in [6.45, 7) is 6.52. The highest BCUT2D eigenvalue weighted by Crippen LogP contribution is 2.36. The first-order valence-electron chi connectivity index (χ1n) is 5.35. The third-order valence-electron chi connectivity index (χ3n) is 2.91. The van der Waals surface area contributed by atoms with E-state index in [1.165, 1.54) is 12.8 Å². The third-order valence-corrected chi connectivity index (χ3v) is 2.91. The van der Waals surface area contributed by atoms with E-state index in [9.17, 15) is 4.79 Å². The van der Waals surface area contributed by atoms with Crippen molar-refractivity contribution >= 4 is 5.91 Å². The number of hydrogen-bond acceptors (Lipinski definition) is 2. The van der Waals surface area contributed by atoms with E-state index in [0.717, 1.165) is 0 Å². The Kier molecular flexibility index (Phi) is 3.53. The van der Waals surface area contributed by atoms with E-state index in [-0.39, 0.29) is 23.8 Å². The molecule has 0 heterocycles. The van der Waals surface area contributed by atoms with Gasteiger partial charge in [-0.3, -0.25) is 4.79 Å². The van der Waals surface area contributed by atoms with Gasteiger partial charge in [0.1, 0.15) is 0 Å². The van der Waals surface area contributed by atoms with Crippen molar-refractivity contribution in [1.29, 1.82) is 0 Å². The first-order chi connectivity index (χ1) is 6.46. The van der Waals surface area contributed by atoms with Crippen molar-refractivity contribution in [3.05, 3.63) is 0 Å². The molecular formula is C11H21NO2. The molecule has 0 aromatic heterocycles. The van der Waals surface area contributed by atoms with Crippen molar-refractivity contribution in [2.75, 3.05) is 13.2 Å². The zero-order valence-corrected chi connectivity index (χ0v) is 9.34. The van der Waals surface area contributed by atoms with Crippen LogP contribution in [0.4, 0.5) is 0 Å². The number of carbonyl (C=O) groups is 1. The van der Waals surface area contributed by atoms with E-state index in [2.05, 4.69) is 5.32 Å². The summed E-state index contributed by atoms with van der Waals surface area (Å²) in [7, 11) is 0. The third kappa shape index (κ3) is 3.29. The molecule has 0 aromatic rings. The Labute approximate surface area is 85.9 Å². The van der Waals surface area contributed by atoms with Gasteiger partial charge in [-0.2, -0.15) is 0 Å². The van der Waals surface area contributed by atoms with Gasteiger partial charge in [-0.25, -0.2) is 0 Å². The molecular weight excluding hydrogens is 178 g/mol. The SMILES string of the molecule is CC(C(=O)NCC(C)(C)CO)C1CC1. The zero-order valence-electron chi connectivity index (χ0n) is 9.34. The molecule has 0 bridgehead atoms. The van der Waals surface area contributed by atoms with E-state index in [4.69, 9.17) is 5.11 Å². The molecule has 82 valence electrons. The molecule has 1 rings (SSSR count). The molecule has 0 saturated heterocycles. The molecule has 1 atom stereocenters. The lowest BCUT2D eigenvalue weighted by molar-refractivity contribution is -0.125. The van der Waals surface area contributed by atoms with E-state index in [1.54, 1.807) is 0 Å². The molecule has 1 amide bonds. The van der Waals surface area contributed by atoms with Crippen LogP contribution in [-0.4, -0.2) is 24.2 Å². The lowest BCUT2D eigenvalue weighted by Gasteiger charge is -2.23. The van der Waals surface area contributed by atoms with Crippen LogP contribution < -0.4 is 5.32 Å². The van der Waals surface area contributed by atoms with Crippen LogP contribution in [0.3, 0.4) is 0 Å². The summed E-state index contributed by atoms with van der Waals surface area (Å²) in [5.41, 5.74) is -0.209. The summed E-state index contributed by atoms with van der Waals surface area (Å²) in [4.78, 5) is 11.6. The molecule has 0 aromatic carbocycles. The summed E-state index contributed by atoms with van der Waals surface area (Å²) < 4.78 is 0. The highest BCUT2D eigenvalue weighted by Gasteiger charge is 2.32. The summed E-state index contributed by atoms with van der Waals surface area (Å²) in [6, 6.07) is 0. The normalized spacial score (nSPS) is 19.1. The Morgan fingerprint density at radius 1 is 1.57 bits per heavy atom. The predicted octanol–water partition coefficient (Wildman–Crippen LogP) is 1.17. The summed E-state index contributed by atoms with van der Waals surface area (Å²) >= 11 is 0. The number of aliphatic hydroxyl groups is 1. The van der Waals surface area contributed by atoms with E-state index in [1.807, 2.05) is 20.8 Å². The maximum absolute atomic E-state index is 11.6. The number of nitrogens with one attached hydrogen (secondary N) is 1. The van der Waals surface area contributed by atoms with Crippen molar-refractivity contribution in [2.24, 2.45) is 17.3 Å². The second kappa shape index (κ2) is 4.30. The average Bonchev–Trinajstić information content (AvgIpc) is 2.96. The number of carbonyl (C=O) groups excluding carboxylic acids is 1. The zero-order chi connectivity index (χ0) is 10.8. The number of rotatable bonds is 5. The molecule has 1 aliphatic carbocycles. The summed E-state index contributed by atoms with van der Waals surface area (Å²) in [5, 5.41) is 11.9. The van der Waals surface area contributed by atoms with E-state index < -0.39 is 0 Å². The van der Waals surface area contributed by atoms with Gasteiger partial charge in [0.15, 0.2) is 0 Å². The molecule has 0 aliphatic heterocycles. The van der Waals surface area contributed by atoms with Gasteiger partial charge in [-0.05, 0) is 18.8 Å². The topological polar surface area (TPSA) is 49.3 Å². The Bertz CT molecular complexity index is 209. The number of aliphatic hydroxyl groups excluding tert-OH is 1. The molecule has 3 nitrogen and oxygen atoms in total. The Balaban J connectivity index is 2.26. The minimum atomic E-state index is -0.209. The van der Waals surface area contributed by atoms with Gasteiger partial charge in [0, 0.05) is 24.5 Å². The van der Waals surface area contributed by atoms with Crippen molar-refractivity contribution in [3.8, 4) is 0 Å². The minimum Gasteiger partial charge on any atom is -0.396 e. The Morgan fingerprint density at radius 3 is 2.57 bits per heavy atom. The first kappa shape index (κ1) is 11.5. The second-order valence-electron chi connectivity index (χ2n) is 5.17. The average molecular weight is 199 g/mol. The van der Waals surface area contributed by atoms with Gasteiger partial charge in [0.25, 0.3) is 0 Å². The van der Waals surface area contributed by atoms with Gasteiger partial charge in [-0.1, -0.05) is 20.8 Å². The molecule has 1 saturated carbocycles. The Hall–Kier alpha value is -0.570. The maximum Gasteiger partial charge on any atom is 0.223 e. The fourth-order valence-corrected chi connectivity index (χ4v) is 1.35. The van der Waals surface area contributed by atoms with Crippen LogP contribution in [-0.2, 0) is 4.79 Å². The lowest BCUT2D eigenvalue weighted by Crippen LogP contribution is -2.39. The van der Waals surface area contributed by atoms with Crippen LogP contribution in [0, 0.1) is 17.3 Å². The highest BCUT2D eigenvalue weighted by molar-refractivity contribution is 5.78. The van der Waals surface area contributed by atoms with Gasteiger partial charge in [-0.15, -0.1) is 0 Å². The van der Waals surface area contributed by atoms with Gasteiger partial charge < -0.3 is 10.4 Å². The minimum absolute atomic E-state index is 0.102. The molecule has 3 heteroatoms. The van der Waals surface area contributed by atoms with Crippen LogP contribution in [0.25, 0.3) is 0 Å². The quantitative estimate of drug-likeness (QED) is 0.698. The van der Waals surface area contributed by atoms with Gasteiger partial charge >= 0.3 is 0 Å². The maximum atomic E-state index is 11.6. The fraction of sp³-hybridized carbons (Fsp3) is 0.909. The molecule has 2 N–H and O–H groups in total. The second-order valence-corrected chi connectivity index (χ2v) is 5.17. The van der Waals surface area contributed by atoms with Crippen molar-refractivity contribution in [3.63, 3.8) is 0 Å². The standard InChI is InChI=1S/C11H21NO2/c1-8(9-4-5-9)10(14)12-6-11(2,3)7-13/h8-9,13H,4-7H2,1-3H3,(H,12,14). The molecule has 1 aliphatic rings. The smallest absolute Gasteiger partial charge is 0.223 e. The van der Waals surface area contributed by atoms with Crippen molar-refractivity contribution < 1.29 is 9.90 Å². The molecule has 1 fully saturated rings. The van der Waals surface area contributed by atoms with Gasteiger partial charge in [0.05, 0.1) is 0 Å². The Morgan fingerprint density at radius 2 is 2.14 bits per heavy atom. The molecule has 14 heavy (non-hydrogen) atoms. The van der Waals surface area contributed by atoms with Crippen LogP contribution in [0.2, 0.25) is 0 Å². The first-order valence-corrected chi connectivity index (χ1v) is 5.35. The van der Waals surface area contributed by atoms with Crippen LogP contribution in [0.5, 0.6) is 0 Å². The summed E-state index contributed by atoms with van der Waals surface area (Å²) in [5.74, 6) is 0.880. The monoisotopic (exact) mass is 199 g/mol. The predicted molar refractivity (Wildman–Crippen MR) is 55.8 cm³/mol. The molecule has 1 unspecified atom stereocenters. The number of amides is 1. The van der Waals surface area contributed by atoms with Gasteiger partial charge in [0.2, 0.25) is 5.91 Å². The van der Waals surface area contributed by atoms with Crippen molar-refractivity contribution in [2.45, 2.75) is 33.6 Å². The lowest BCUT2D eigenvalue weighted by atomic mass is 9.94. The fourth-order valence-electron chi connectivity index (χ4n) is 1.35. The summed E-state index contributed by atoms with van der Waals surface area (Å²) in [6.07, 6.45) is 2.38. The van der Waals surface area contributed by atoms with Crippen molar-refractivity contribution in [1.82, 2.24) is 5.32 Å². The van der Waals surface area contributed by atoms with Crippen LogP contribution in [0.15, 0.2) is 0 Å². The van der Waals surface area contributed by atoms with Crippen LogP contribution in [0.1, 0.15) is 33.6 Å². The largest absolute Gasteiger partial charge is 0.396 e. The molecule has 0 spiro atoms. The van der Waals surface area contributed by atoms with E-state index in [0.29, 0.717) is 12.5 Å².